The van der Waals surface area contributed by atoms with Gasteiger partial charge in [-0.25, -0.2) is 9.97 Å². The van der Waals surface area contributed by atoms with Crippen molar-refractivity contribution in [3.63, 3.8) is 0 Å². The third kappa shape index (κ3) is 4.43. The first-order chi connectivity index (χ1) is 13.7. The van der Waals surface area contributed by atoms with Crippen LogP contribution >= 0.6 is 0 Å². The van der Waals surface area contributed by atoms with E-state index in [0.29, 0.717) is 5.69 Å². The fourth-order valence-corrected chi connectivity index (χ4v) is 4.17. The second-order valence-corrected chi connectivity index (χ2v) is 7.88. The summed E-state index contributed by atoms with van der Waals surface area (Å²) in [5.74, 6) is 0.765. The summed E-state index contributed by atoms with van der Waals surface area (Å²) in [6, 6.07) is 10.8. The van der Waals surface area contributed by atoms with Gasteiger partial charge in [0.15, 0.2) is 0 Å². The Bertz CT molecular complexity index is 810. The van der Waals surface area contributed by atoms with Crippen molar-refractivity contribution >= 4 is 17.4 Å². The summed E-state index contributed by atoms with van der Waals surface area (Å²) in [7, 11) is 0. The van der Waals surface area contributed by atoms with Gasteiger partial charge in [-0.3, -0.25) is 4.79 Å². The number of rotatable bonds is 4. The fourth-order valence-electron chi connectivity index (χ4n) is 4.17. The molecule has 1 aliphatic carbocycles. The zero-order valence-corrected chi connectivity index (χ0v) is 16.6. The Labute approximate surface area is 167 Å². The van der Waals surface area contributed by atoms with E-state index in [1.54, 1.807) is 0 Å². The molecule has 0 bridgehead atoms. The average Bonchev–Trinajstić information content (AvgIpc) is 2.75. The zero-order chi connectivity index (χ0) is 19.3. The van der Waals surface area contributed by atoms with Crippen LogP contribution in [0, 0.1) is 6.92 Å². The number of nitrogens with one attached hydrogen (secondary N) is 1. The summed E-state index contributed by atoms with van der Waals surface area (Å²) in [5.41, 5.74) is 3.02. The molecule has 1 saturated heterocycles. The molecule has 1 N–H and O–H groups in total. The van der Waals surface area contributed by atoms with Crippen molar-refractivity contribution < 1.29 is 4.79 Å². The summed E-state index contributed by atoms with van der Waals surface area (Å²) in [6.45, 7) is 5.78. The van der Waals surface area contributed by atoms with Crippen molar-refractivity contribution in [3.8, 4) is 0 Å². The highest BCUT2D eigenvalue weighted by molar-refractivity contribution is 5.93. The van der Waals surface area contributed by atoms with Crippen LogP contribution in [0.5, 0.6) is 0 Å². The minimum absolute atomic E-state index is 0.0750. The van der Waals surface area contributed by atoms with Crippen molar-refractivity contribution in [2.45, 2.75) is 45.1 Å². The first-order valence-corrected chi connectivity index (χ1v) is 10.4. The zero-order valence-electron chi connectivity index (χ0n) is 16.6. The van der Waals surface area contributed by atoms with E-state index in [9.17, 15) is 4.79 Å². The molecule has 1 aromatic heterocycles. The molecule has 0 spiro atoms. The monoisotopic (exact) mass is 379 g/mol. The van der Waals surface area contributed by atoms with E-state index >= 15 is 0 Å². The van der Waals surface area contributed by atoms with Crippen LogP contribution < -0.4 is 15.1 Å². The van der Waals surface area contributed by atoms with Gasteiger partial charge < -0.3 is 15.1 Å². The molecule has 0 atom stereocenters. The molecule has 2 heterocycles. The predicted octanol–water partition coefficient (Wildman–Crippen LogP) is 3.17. The maximum absolute atomic E-state index is 12.6. The molecule has 148 valence electrons. The summed E-state index contributed by atoms with van der Waals surface area (Å²) >= 11 is 0. The standard InChI is InChI=1S/C22H29N5O/c1-17-6-5-9-19(14-17)26-10-12-27(13-11-26)21-15-20(23-16-24-21)22(28)25-18-7-3-2-4-8-18/h5-6,9,14-16,18H,2-4,7-8,10-13H2,1H3,(H,25,28). The van der Waals surface area contributed by atoms with Gasteiger partial charge in [-0.2, -0.15) is 0 Å². The second-order valence-electron chi connectivity index (χ2n) is 7.88. The molecule has 4 rings (SSSR count). The van der Waals surface area contributed by atoms with E-state index in [4.69, 9.17) is 0 Å². The quantitative estimate of drug-likeness (QED) is 0.884. The molecular formula is C22H29N5O. The maximum atomic E-state index is 12.6. The molecule has 6 heteroatoms. The van der Waals surface area contributed by atoms with Crippen molar-refractivity contribution in [2.24, 2.45) is 0 Å². The Balaban J connectivity index is 1.37. The lowest BCUT2D eigenvalue weighted by molar-refractivity contribution is 0.0922. The molecule has 1 aromatic carbocycles. The van der Waals surface area contributed by atoms with Gasteiger partial charge in [-0.05, 0) is 37.5 Å². The van der Waals surface area contributed by atoms with E-state index in [1.165, 1.54) is 36.8 Å². The van der Waals surface area contributed by atoms with Crippen molar-refractivity contribution in [3.05, 3.63) is 47.9 Å². The topological polar surface area (TPSA) is 61.4 Å². The van der Waals surface area contributed by atoms with Crippen LogP contribution in [0.1, 0.15) is 48.2 Å². The van der Waals surface area contributed by atoms with Gasteiger partial charge in [0.25, 0.3) is 5.91 Å². The number of carbonyl (C=O) groups excluding carboxylic acids is 1. The number of amides is 1. The number of benzene rings is 1. The number of hydrogen-bond donors (Lipinski definition) is 1. The van der Waals surface area contributed by atoms with E-state index < -0.39 is 0 Å². The lowest BCUT2D eigenvalue weighted by atomic mass is 9.95. The van der Waals surface area contributed by atoms with Gasteiger partial charge in [0.05, 0.1) is 0 Å². The van der Waals surface area contributed by atoms with Crippen LogP contribution in [0.4, 0.5) is 11.5 Å². The minimum atomic E-state index is -0.0750. The van der Waals surface area contributed by atoms with E-state index in [2.05, 4.69) is 56.3 Å². The minimum Gasteiger partial charge on any atom is -0.368 e. The Morgan fingerprint density at radius 3 is 2.50 bits per heavy atom. The van der Waals surface area contributed by atoms with E-state index in [1.807, 2.05) is 6.07 Å². The number of carbonyl (C=O) groups is 1. The van der Waals surface area contributed by atoms with Gasteiger partial charge in [0, 0.05) is 44.0 Å². The third-order valence-electron chi connectivity index (χ3n) is 5.80. The molecule has 2 fully saturated rings. The Hall–Kier alpha value is -2.63. The number of piperazine rings is 1. The molecule has 6 nitrogen and oxygen atoms in total. The molecular weight excluding hydrogens is 350 g/mol. The molecule has 28 heavy (non-hydrogen) atoms. The van der Waals surface area contributed by atoms with Gasteiger partial charge in [-0.1, -0.05) is 31.4 Å². The highest BCUT2D eigenvalue weighted by Gasteiger charge is 2.21. The normalized spacial score (nSPS) is 18.2. The third-order valence-corrected chi connectivity index (χ3v) is 5.80. The molecule has 1 amide bonds. The Morgan fingerprint density at radius 2 is 1.75 bits per heavy atom. The van der Waals surface area contributed by atoms with Crippen LogP contribution in [-0.4, -0.2) is 48.1 Å². The Morgan fingerprint density at radius 1 is 1.00 bits per heavy atom. The molecule has 0 unspecified atom stereocenters. The summed E-state index contributed by atoms with van der Waals surface area (Å²) in [5, 5.41) is 3.14. The molecule has 1 aliphatic heterocycles. The number of aryl methyl sites for hydroxylation is 1. The number of nitrogens with zero attached hydrogens (tertiary/aromatic N) is 4. The first-order valence-electron chi connectivity index (χ1n) is 10.4. The maximum Gasteiger partial charge on any atom is 0.270 e. The number of hydrogen-bond acceptors (Lipinski definition) is 5. The van der Waals surface area contributed by atoms with Gasteiger partial charge in [-0.15, -0.1) is 0 Å². The van der Waals surface area contributed by atoms with Crippen LogP contribution in [0.2, 0.25) is 0 Å². The summed E-state index contributed by atoms with van der Waals surface area (Å²) in [6.07, 6.45) is 7.34. The number of aromatic nitrogens is 2. The predicted molar refractivity (Wildman–Crippen MR) is 112 cm³/mol. The lowest BCUT2D eigenvalue weighted by Crippen LogP contribution is -2.47. The fraction of sp³-hybridized carbons (Fsp3) is 0.500. The molecule has 2 aromatic rings. The number of anilines is 2. The smallest absolute Gasteiger partial charge is 0.270 e. The van der Waals surface area contributed by atoms with Gasteiger partial charge >= 0.3 is 0 Å². The lowest BCUT2D eigenvalue weighted by Gasteiger charge is -2.36. The largest absolute Gasteiger partial charge is 0.368 e. The van der Waals surface area contributed by atoms with E-state index in [0.717, 1.165) is 44.8 Å². The second kappa shape index (κ2) is 8.59. The van der Waals surface area contributed by atoms with Crippen LogP contribution in [0.15, 0.2) is 36.7 Å². The molecule has 0 radical (unpaired) electrons. The Kier molecular flexibility index (Phi) is 5.74. The van der Waals surface area contributed by atoms with Gasteiger partial charge in [0.1, 0.15) is 17.8 Å². The SMILES string of the molecule is Cc1cccc(N2CCN(c3cc(C(=O)NC4CCCCC4)ncn3)CC2)c1. The van der Waals surface area contributed by atoms with Crippen molar-refractivity contribution in [1.82, 2.24) is 15.3 Å². The van der Waals surface area contributed by atoms with Crippen LogP contribution in [-0.2, 0) is 0 Å². The molecule has 2 aliphatic rings. The van der Waals surface area contributed by atoms with Crippen LogP contribution in [0.25, 0.3) is 0 Å². The van der Waals surface area contributed by atoms with Gasteiger partial charge in [0.2, 0.25) is 0 Å². The molecule has 1 saturated carbocycles. The van der Waals surface area contributed by atoms with Crippen molar-refractivity contribution in [2.75, 3.05) is 36.0 Å². The van der Waals surface area contributed by atoms with E-state index in [-0.39, 0.29) is 11.9 Å². The summed E-state index contributed by atoms with van der Waals surface area (Å²) < 4.78 is 0. The van der Waals surface area contributed by atoms with Crippen molar-refractivity contribution in [1.29, 1.82) is 0 Å². The first kappa shape index (κ1) is 18.7. The highest BCUT2D eigenvalue weighted by Crippen LogP contribution is 2.21. The summed E-state index contributed by atoms with van der Waals surface area (Å²) in [4.78, 5) is 25.9. The average molecular weight is 380 g/mol. The highest BCUT2D eigenvalue weighted by atomic mass is 16.1. The van der Waals surface area contributed by atoms with Crippen LogP contribution in [0.3, 0.4) is 0 Å².